The monoisotopic (exact) mass is 183 g/mol. The predicted molar refractivity (Wildman–Crippen MR) is 50.5 cm³/mol. The summed E-state index contributed by atoms with van der Waals surface area (Å²) in [4.78, 5) is 0. The summed E-state index contributed by atoms with van der Waals surface area (Å²) >= 11 is 0. The molecule has 13 heavy (non-hydrogen) atoms. The average molecular weight is 183 g/mol. The van der Waals surface area contributed by atoms with Crippen molar-refractivity contribution >= 4 is 0 Å². The van der Waals surface area contributed by atoms with Crippen LogP contribution in [0.3, 0.4) is 0 Å². The van der Waals surface area contributed by atoms with Crippen LogP contribution in [0.1, 0.15) is 37.6 Å². The van der Waals surface area contributed by atoms with Gasteiger partial charge in [0.1, 0.15) is 5.76 Å². The summed E-state index contributed by atoms with van der Waals surface area (Å²) in [6, 6.07) is 1.99. The fraction of sp³-hybridized carbons (Fsp3) is 0.700. The van der Waals surface area contributed by atoms with E-state index in [9.17, 15) is 0 Å². The molecule has 3 heteroatoms. The van der Waals surface area contributed by atoms with Crippen LogP contribution in [0, 0.1) is 0 Å². The Morgan fingerprint density at radius 1 is 1.38 bits per heavy atom. The molecule has 0 fully saturated rings. The molecule has 0 aliphatic rings. The van der Waals surface area contributed by atoms with Crippen molar-refractivity contribution in [1.29, 1.82) is 0 Å². The normalized spacial score (nSPS) is 10.6. The Morgan fingerprint density at radius 2 is 2.23 bits per heavy atom. The van der Waals surface area contributed by atoms with Crippen LogP contribution in [0.25, 0.3) is 0 Å². The highest BCUT2D eigenvalue weighted by Crippen LogP contribution is 2.08. The van der Waals surface area contributed by atoms with E-state index in [1.54, 1.807) is 0 Å². The van der Waals surface area contributed by atoms with Crippen LogP contribution >= 0.6 is 0 Å². The standard InChI is InChI=1S/C10H17NO2/c1-2-3-5-9-8-10(13-11-9)6-4-7-12/h8,12H,2-7H2,1H3. The maximum absolute atomic E-state index is 8.61. The second kappa shape index (κ2) is 5.75. The van der Waals surface area contributed by atoms with E-state index in [1.807, 2.05) is 6.07 Å². The van der Waals surface area contributed by atoms with E-state index in [4.69, 9.17) is 9.63 Å². The molecule has 0 aromatic carbocycles. The maximum Gasteiger partial charge on any atom is 0.137 e. The predicted octanol–water partition coefficient (Wildman–Crippen LogP) is 1.94. The summed E-state index contributed by atoms with van der Waals surface area (Å²) < 4.78 is 5.10. The van der Waals surface area contributed by atoms with Crippen LogP contribution in [-0.4, -0.2) is 16.9 Å². The fourth-order valence-corrected chi connectivity index (χ4v) is 1.20. The van der Waals surface area contributed by atoms with Crippen molar-refractivity contribution in [3.63, 3.8) is 0 Å². The van der Waals surface area contributed by atoms with Gasteiger partial charge in [0.25, 0.3) is 0 Å². The van der Waals surface area contributed by atoms with Crippen LogP contribution in [0.15, 0.2) is 10.6 Å². The Kier molecular flexibility index (Phi) is 4.54. The second-order valence-electron chi connectivity index (χ2n) is 3.22. The van der Waals surface area contributed by atoms with Gasteiger partial charge in [-0.15, -0.1) is 0 Å². The Morgan fingerprint density at radius 3 is 2.92 bits per heavy atom. The third-order valence-corrected chi connectivity index (χ3v) is 1.98. The smallest absolute Gasteiger partial charge is 0.137 e. The molecule has 74 valence electrons. The molecular weight excluding hydrogens is 166 g/mol. The summed E-state index contributed by atoms with van der Waals surface area (Å²) in [5, 5.41) is 12.6. The first-order valence-electron chi connectivity index (χ1n) is 4.92. The fourth-order valence-electron chi connectivity index (χ4n) is 1.20. The second-order valence-corrected chi connectivity index (χ2v) is 3.22. The average Bonchev–Trinajstić information content (AvgIpc) is 2.59. The van der Waals surface area contributed by atoms with Crippen molar-refractivity contribution in [1.82, 2.24) is 5.16 Å². The third-order valence-electron chi connectivity index (χ3n) is 1.98. The molecule has 0 saturated carbocycles. The van der Waals surface area contributed by atoms with Gasteiger partial charge in [0.2, 0.25) is 0 Å². The van der Waals surface area contributed by atoms with Gasteiger partial charge in [-0.3, -0.25) is 0 Å². The van der Waals surface area contributed by atoms with Crippen LogP contribution in [-0.2, 0) is 12.8 Å². The SMILES string of the molecule is CCCCc1cc(CCCO)on1. The molecule has 0 bridgehead atoms. The van der Waals surface area contributed by atoms with Gasteiger partial charge in [0, 0.05) is 19.1 Å². The molecule has 0 atom stereocenters. The summed E-state index contributed by atoms with van der Waals surface area (Å²) in [6.07, 6.45) is 4.88. The zero-order valence-electron chi connectivity index (χ0n) is 8.12. The van der Waals surface area contributed by atoms with Gasteiger partial charge in [-0.05, 0) is 19.3 Å². The molecule has 0 unspecified atom stereocenters. The minimum Gasteiger partial charge on any atom is -0.396 e. The zero-order valence-corrected chi connectivity index (χ0v) is 8.12. The van der Waals surface area contributed by atoms with Crippen LogP contribution in [0.5, 0.6) is 0 Å². The highest BCUT2D eigenvalue weighted by Gasteiger charge is 2.02. The Bertz CT molecular complexity index is 210. The van der Waals surface area contributed by atoms with Gasteiger partial charge in [-0.25, -0.2) is 0 Å². The van der Waals surface area contributed by atoms with E-state index >= 15 is 0 Å². The molecule has 1 N–H and O–H groups in total. The lowest BCUT2D eigenvalue weighted by Crippen LogP contribution is -1.86. The van der Waals surface area contributed by atoms with Crippen molar-refractivity contribution in [2.75, 3.05) is 6.61 Å². The van der Waals surface area contributed by atoms with Gasteiger partial charge in [0.15, 0.2) is 0 Å². The van der Waals surface area contributed by atoms with Crippen LogP contribution < -0.4 is 0 Å². The summed E-state index contributed by atoms with van der Waals surface area (Å²) in [7, 11) is 0. The molecule has 1 heterocycles. The first kappa shape index (κ1) is 10.3. The number of aromatic nitrogens is 1. The van der Waals surface area contributed by atoms with Crippen molar-refractivity contribution in [3.8, 4) is 0 Å². The first-order chi connectivity index (χ1) is 6.36. The van der Waals surface area contributed by atoms with Gasteiger partial charge < -0.3 is 9.63 Å². The van der Waals surface area contributed by atoms with Gasteiger partial charge >= 0.3 is 0 Å². The third kappa shape index (κ3) is 3.59. The number of hydrogen-bond acceptors (Lipinski definition) is 3. The first-order valence-corrected chi connectivity index (χ1v) is 4.92. The number of unbranched alkanes of at least 4 members (excludes halogenated alkanes) is 1. The molecule has 3 nitrogen and oxygen atoms in total. The number of aliphatic hydroxyl groups excluding tert-OH is 1. The largest absolute Gasteiger partial charge is 0.396 e. The lowest BCUT2D eigenvalue weighted by atomic mass is 10.2. The highest BCUT2D eigenvalue weighted by atomic mass is 16.5. The molecular formula is C10H17NO2. The molecule has 1 rings (SSSR count). The molecule has 0 saturated heterocycles. The Balaban J connectivity index is 2.34. The minimum atomic E-state index is 0.213. The molecule has 1 aromatic heterocycles. The summed E-state index contributed by atoms with van der Waals surface area (Å²) in [6.45, 7) is 2.37. The maximum atomic E-state index is 8.61. The quantitative estimate of drug-likeness (QED) is 0.733. The molecule has 1 aromatic rings. The van der Waals surface area contributed by atoms with E-state index in [-0.39, 0.29) is 6.61 Å². The van der Waals surface area contributed by atoms with E-state index < -0.39 is 0 Å². The number of rotatable bonds is 6. The molecule has 0 amide bonds. The van der Waals surface area contributed by atoms with Gasteiger partial charge in [0.05, 0.1) is 5.69 Å². The van der Waals surface area contributed by atoms with Gasteiger partial charge in [-0.1, -0.05) is 18.5 Å². The number of aryl methyl sites for hydroxylation is 2. The van der Waals surface area contributed by atoms with E-state index in [1.165, 1.54) is 6.42 Å². The van der Waals surface area contributed by atoms with Crippen molar-refractivity contribution in [3.05, 3.63) is 17.5 Å². The number of aliphatic hydroxyl groups is 1. The van der Waals surface area contributed by atoms with Crippen molar-refractivity contribution in [2.45, 2.75) is 39.0 Å². The van der Waals surface area contributed by atoms with E-state index in [2.05, 4.69) is 12.1 Å². The van der Waals surface area contributed by atoms with Crippen molar-refractivity contribution < 1.29 is 9.63 Å². The zero-order chi connectivity index (χ0) is 9.52. The molecule has 0 radical (unpaired) electrons. The van der Waals surface area contributed by atoms with E-state index in [0.29, 0.717) is 0 Å². The molecule has 0 spiro atoms. The minimum absolute atomic E-state index is 0.213. The summed E-state index contributed by atoms with van der Waals surface area (Å²) in [5.41, 5.74) is 1.04. The summed E-state index contributed by atoms with van der Waals surface area (Å²) in [5.74, 6) is 0.889. The Hall–Kier alpha value is -0.830. The topological polar surface area (TPSA) is 46.3 Å². The van der Waals surface area contributed by atoms with Crippen LogP contribution in [0.4, 0.5) is 0 Å². The highest BCUT2D eigenvalue weighted by molar-refractivity contribution is 5.05. The molecule has 0 aliphatic carbocycles. The lowest BCUT2D eigenvalue weighted by Gasteiger charge is -1.89. The van der Waals surface area contributed by atoms with E-state index in [0.717, 1.165) is 37.1 Å². The number of nitrogens with zero attached hydrogens (tertiary/aromatic N) is 1. The van der Waals surface area contributed by atoms with Crippen LogP contribution in [0.2, 0.25) is 0 Å². The number of hydrogen-bond donors (Lipinski definition) is 1. The lowest BCUT2D eigenvalue weighted by molar-refractivity contribution is 0.279. The van der Waals surface area contributed by atoms with Gasteiger partial charge in [-0.2, -0.15) is 0 Å². The molecule has 0 aliphatic heterocycles. The van der Waals surface area contributed by atoms with Crippen molar-refractivity contribution in [2.24, 2.45) is 0 Å². The Labute approximate surface area is 78.7 Å².